The molecule has 2 N–H and O–H groups in total. The molecule has 0 aliphatic carbocycles. The van der Waals surface area contributed by atoms with E-state index in [2.05, 4.69) is 45.9 Å². The predicted molar refractivity (Wildman–Crippen MR) is 136 cm³/mol. The van der Waals surface area contributed by atoms with Gasteiger partial charge in [-0.2, -0.15) is 4.98 Å². The summed E-state index contributed by atoms with van der Waals surface area (Å²) >= 11 is 6.35. The molecule has 1 aliphatic heterocycles. The van der Waals surface area contributed by atoms with Crippen molar-refractivity contribution in [2.45, 2.75) is 26.8 Å². The highest BCUT2D eigenvalue weighted by Crippen LogP contribution is 2.30. The number of pyridine rings is 1. The van der Waals surface area contributed by atoms with Crippen molar-refractivity contribution < 1.29 is 14.3 Å². The number of carbonyl (C=O) groups is 1. The molecule has 1 unspecified atom stereocenters. The van der Waals surface area contributed by atoms with Gasteiger partial charge in [-0.05, 0) is 43.2 Å². The van der Waals surface area contributed by atoms with Crippen LogP contribution in [0.4, 0.5) is 22.0 Å². The van der Waals surface area contributed by atoms with Gasteiger partial charge < -0.3 is 20.2 Å². The number of carboxylic acid groups (broad SMARTS) is 1. The van der Waals surface area contributed by atoms with E-state index < -0.39 is 5.97 Å². The minimum absolute atomic E-state index is 0.0566. The molecule has 0 bridgehead atoms. The molecule has 184 valence electrons. The molecular formula is C25H28ClFN6O2. The molecule has 1 saturated heterocycles. The van der Waals surface area contributed by atoms with Crippen molar-refractivity contribution in [3.63, 3.8) is 0 Å². The van der Waals surface area contributed by atoms with Crippen molar-refractivity contribution in [3.8, 4) is 11.3 Å². The Kier molecular flexibility index (Phi) is 7.35. The lowest BCUT2D eigenvalue weighted by Crippen LogP contribution is -2.52. The first-order valence-corrected chi connectivity index (χ1v) is 11.9. The summed E-state index contributed by atoms with van der Waals surface area (Å²) in [5.74, 6) is 0.930. The Hall–Kier alpha value is -3.46. The molecule has 8 nitrogen and oxygen atoms in total. The van der Waals surface area contributed by atoms with Gasteiger partial charge in [-0.1, -0.05) is 25.4 Å². The van der Waals surface area contributed by atoms with Crippen molar-refractivity contribution in [1.29, 1.82) is 0 Å². The van der Waals surface area contributed by atoms with Crippen molar-refractivity contribution in [1.82, 2.24) is 15.0 Å². The van der Waals surface area contributed by atoms with Crippen molar-refractivity contribution in [3.05, 3.63) is 59.0 Å². The first-order valence-electron chi connectivity index (χ1n) is 11.5. The highest BCUT2D eigenvalue weighted by Gasteiger charge is 2.28. The Bertz CT molecular complexity index is 1210. The fourth-order valence-corrected chi connectivity index (χ4v) is 4.28. The van der Waals surface area contributed by atoms with E-state index in [1.807, 2.05) is 6.07 Å². The third-order valence-corrected chi connectivity index (χ3v) is 6.09. The van der Waals surface area contributed by atoms with Gasteiger partial charge in [-0.15, -0.1) is 0 Å². The summed E-state index contributed by atoms with van der Waals surface area (Å²) in [6, 6.07) is 9.68. The Morgan fingerprint density at radius 2 is 1.97 bits per heavy atom. The molecular weight excluding hydrogens is 471 g/mol. The van der Waals surface area contributed by atoms with Gasteiger partial charge in [-0.3, -0.25) is 0 Å². The molecule has 4 rings (SSSR count). The molecule has 1 fully saturated rings. The number of halogens is 2. The number of carboxylic acids is 1. The maximum Gasteiger partial charge on any atom is 0.337 e. The van der Waals surface area contributed by atoms with Gasteiger partial charge in [0.25, 0.3) is 0 Å². The van der Waals surface area contributed by atoms with E-state index in [1.54, 1.807) is 12.1 Å². The topological polar surface area (TPSA) is 94.5 Å². The van der Waals surface area contributed by atoms with Gasteiger partial charge in [0, 0.05) is 50.0 Å². The highest BCUT2D eigenvalue weighted by atomic mass is 35.5. The van der Waals surface area contributed by atoms with E-state index in [4.69, 9.17) is 21.7 Å². The Labute approximate surface area is 208 Å². The fourth-order valence-electron chi connectivity index (χ4n) is 4.00. The van der Waals surface area contributed by atoms with Crippen LogP contribution in [0.3, 0.4) is 0 Å². The van der Waals surface area contributed by atoms with E-state index >= 15 is 0 Å². The van der Waals surface area contributed by atoms with E-state index in [9.17, 15) is 9.18 Å². The second-order valence-electron chi connectivity index (χ2n) is 9.04. The Balaban J connectivity index is 1.59. The molecule has 3 heterocycles. The molecule has 1 aromatic carbocycles. The zero-order valence-corrected chi connectivity index (χ0v) is 20.6. The highest BCUT2D eigenvalue weighted by molar-refractivity contribution is 6.33. The zero-order chi connectivity index (χ0) is 25.1. The number of rotatable bonds is 7. The normalized spacial score (nSPS) is 16.0. The summed E-state index contributed by atoms with van der Waals surface area (Å²) in [6.45, 7) is 8.96. The van der Waals surface area contributed by atoms with E-state index in [-0.39, 0.29) is 17.4 Å². The van der Waals surface area contributed by atoms with Crippen molar-refractivity contribution in [2.75, 3.05) is 41.3 Å². The quantitative estimate of drug-likeness (QED) is 0.479. The van der Waals surface area contributed by atoms with Crippen LogP contribution in [-0.4, -0.2) is 58.2 Å². The summed E-state index contributed by atoms with van der Waals surface area (Å²) < 4.78 is 13.5. The molecule has 10 heteroatoms. The summed E-state index contributed by atoms with van der Waals surface area (Å²) in [5, 5.41) is 12.8. The SMILES string of the molecule is CC(C)CNc1nc(-c2ccc(F)cc2)cc(N2CCN(c3ncc(C(=O)O)cc3Cl)CC2C)n1. The molecule has 0 saturated carbocycles. The smallest absolute Gasteiger partial charge is 0.337 e. The number of nitrogens with zero attached hydrogens (tertiary/aromatic N) is 5. The number of hydrogen-bond acceptors (Lipinski definition) is 7. The van der Waals surface area contributed by atoms with Crippen LogP contribution in [0.15, 0.2) is 42.6 Å². The number of nitrogens with one attached hydrogen (secondary N) is 1. The predicted octanol–water partition coefficient (Wildman–Crippen LogP) is 4.81. The first-order chi connectivity index (χ1) is 16.7. The summed E-state index contributed by atoms with van der Waals surface area (Å²) in [4.78, 5) is 29.2. The third-order valence-electron chi connectivity index (χ3n) is 5.81. The van der Waals surface area contributed by atoms with E-state index in [0.717, 1.165) is 17.9 Å². The number of aromatic nitrogens is 3. The first kappa shape index (κ1) is 24.7. The van der Waals surface area contributed by atoms with Crippen LogP contribution in [0.1, 0.15) is 31.1 Å². The van der Waals surface area contributed by atoms with Crippen LogP contribution in [0, 0.1) is 11.7 Å². The van der Waals surface area contributed by atoms with E-state index in [1.165, 1.54) is 24.4 Å². The van der Waals surface area contributed by atoms with Crippen LogP contribution in [0.25, 0.3) is 11.3 Å². The fraction of sp³-hybridized carbons (Fsp3) is 0.360. The molecule has 3 aromatic rings. The van der Waals surface area contributed by atoms with Gasteiger partial charge in [-0.25, -0.2) is 19.2 Å². The number of anilines is 3. The van der Waals surface area contributed by atoms with Crippen LogP contribution < -0.4 is 15.1 Å². The van der Waals surface area contributed by atoms with E-state index in [0.29, 0.717) is 48.0 Å². The lowest BCUT2D eigenvalue weighted by Gasteiger charge is -2.41. The Morgan fingerprint density at radius 1 is 1.23 bits per heavy atom. The van der Waals surface area contributed by atoms with Crippen LogP contribution in [0.2, 0.25) is 5.02 Å². The van der Waals surface area contributed by atoms with Gasteiger partial charge in [0.1, 0.15) is 17.5 Å². The number of hydrogen-bond donors (Lipinski definition) is 2. The van der Waals surface area contributed by atoms with Crippen LogP contribution in [0.5, 0.6) is 0 Å². The lowest BCUT2D eigenvalue weighted by atomic mass is 10.1. The molecule has 0 amide bonds. The number of aromatic carboxylic acids is 1. The number of benzene rings is 1. The summed E-state index contributed by atoms with van der Waals surface area (Å²) in [5.41, 5.74) is 1.58. The maximum atomic E-state index is 13.5. The van der Waals surface area contributed by atoms with Crippen molar-refractivity contribution in [2.24, 2.45) is 5.92 Å². The minimum atomic E-state index is -1.06. The third kappa shape index (κ3) is 5.79. The largest absolute Gasteiger partial charge is 0.478 e. The van der Waals surface area contributed by atoms with Crippen molar-refractivity contribution >= 4 is 35.2 Å². The van der Waals surface area contributed by atoms with Gasteiger partial charge >= 0.3 is 5.97 Å². The number of piperazine rings is 1. The molecule has 1 atom stereocenters. The van der Waals surface area contributed by atoms with Gasteiger partial charge in [0.15, 0.2) is 0 Å². The molecule has 1 aliphatic rings. The monoisotopic (exact) mass is 498 g/mol. The molecule has 0 radical (unpaired) electrons. The molecule has 2 aromatic heterocycles. The van der Waals surface area contributed by atoms with Crippen LogP contribution in [-0.2, 0) is 0 Å². The Morgan fingerprint density at radius 3 is 2.60 bits per heavy atom. The molecule has 0 spiro atoms. The maximum absolute atomic E-state index is 13.5. The summed E-state index contributed by atoms with van der Waals surface area (Å²) in [7, 11) is 0. The zero-order valence-electron chi connectivity index (χ0n) is 19.9. The van der Waals surface area contributed by atoms with Gasteiger partial charge in [0.05, 0.1) is 16.3 Å². The minimum Gasteiger partial charge on any atom is -0.478 e. The summed E-state index contributed by atoms with van der Waals surface area (Å²) in [6.07, 6.45) is 1.33. The lowest BCUT2D eigenvalue weighted by molar-refractivity contribution is 0.0696. The second kappa shape index (κ2) is 10.4. The average Bonchev–Trinajstić information content (AvgIpc) is 2.82. The molecule has 35 heavy (non-hydrogen) atoms. The second-order valence-corrected chi connectivity index (χ2v) is 9.45. The van der Waals surface area contributed by atoms with Gasteiger partial charge in [0.2, 0.25) is 5.95 Å². The standard InChI is InChI=1S/C25H28ClFN6O2/c1-15(2)12-29-25-30-21(17-4-6-19(27)7-5-17)11-22(31-25)33-9-8-32(14-16(33)3)23-20(26)10-18(13-28-23)24(34)35/h4-7,10-11,13,15-16H,8-9,12,14H2,1-3H3,(H,34,35)(H,29,30,31). The van der Waals surface area contributed by atoms with Crippen LogP contribution >= 0.6 is 11.6 Å². The average molecular weight is 499 g/mol.